The fourth-order valence-corrected chi connectivity index (χ4v) is 3.81. The molecule has 1 fully saturated rings. The second-order valence-corrected chi connectivity index (χ2v) is 6.99. The molecule has 0 bridgehead atoms. The molecule has 1 aliphatic carbocycles. The molecule has 2 N–H and O–H groups in total. The predicted octanol–water partition coefficient (Wildman–Crippen LogP) is 1.80. The lowest BCUT2D eigenvalue weighted by Gasteiger charge is -2.28. The highest BCUT2D eigenvalue weighted by atomic mass is 32.2. The highest BCUT2D eigenvalue weighted by molar-refractivity contribution is 7.89. The minimum absolute atomic E-state index is 0.0657. The first-order valence-corrected chi connectivity index (χ1v) is 8.26. The number of aryl methyl sites for hydroxylation is 1. The Hall–Kier alpha value is -0.910. The van der Waals surface area contributed by atoms with E-state index in [4.69, 9.17) is 0 Å². The molecule has 5 heteroatoms. The first-order valence-electron chi connectivity index (χ1n) is 6.77. The molecule has 0 aliphatic heterocycles. The van der Waals surface area contributed by atoms with E-state index in [-0.39, 0.29) is 6.04 Å². The van der Waals surface area contributed by atoms with Crippen molar-refractivity contribution >= 4 is 10.0 Å². The van der Waals surface area contributed by atoms with Crippen LogP contribution in [-0.2, 0) is 10.0 Å². The highest BCUT2D eigenvalue weighted by Gasteiger charge is 2.24. The summed E-state index contributed by atoms with van der Waals surface area (Å²) in [4.78, 5) is 0.355. The van der Waals surface area contributed by atoms with Crippen LogP contribution in [0.25, 0.3) is 0 Å². The van der Waals surface area contributed by atoms with Crippen LogP contribution in [0.5, 0.6) is 0 Å². The van der Waals surface area contributed by atoms with E-state index in [1.807, 2.05) is 26.1 Å². The van der Waals surface area contributed by atoms with E-state index in [1.165, 1.54) is 0 Å². The van der Waals surface area contributed by atoms with Crippen molar-refractivity contribution in [2.24, 2.45) is 0 Å². The summed E-state index contributed by atoms with van der Waals surface area (Å²) in [5.41, 5.74) is 1.06. The second kappa shape index (κ2) is 6.03. The van der Waals surface area contributed by atoms with Crippen molar-refractivity contribution < 1.29 is 8.42 Å². The van der Waals surface area contributed by atoms with E-state index >= 15 is 0 Å². The molecule has 0 heterocycles. The second-order valence-electron chi connectivity index (χ2n) is 5.27. The van der Waals surface area contributed by atoms with Crippen molar-refractivity contribution in [2.45, 2.75) is 49.6 Å². The van der Waals surface area contributed by atoms with Gasteiger partial charge in [0.05, 0.1) is 4.90 Å². The average Bonchev–Trinajstić information content (AvgIpc) is 2.40. The monoisotopic (exact) mass is 282 g/mol. The number of hydrogen-bond donors (Lipinski definition) is 2. The van der Waals surface area contributed by atoms with Gasteiger partial charge in [0.25, 0.3) is 0 Å². The summed E-state index contributed by atoms with van der Waals surface area (Å²) in [5, 5.41) is 3.25. The number of hydrogen-bond acceptors (Lipinski definition) is 3. The summed E-state index contributed by atoms with van der Waals surface area (Å²) in [6, 6.07) is 7.57. The van der Waals surface area contributed by atoms with Gasteiger partial charge in [0, 0.05) is 12.1 Å². The Morgan fingerprint density at radius 2 is 1.53 bits per heavy atom. The molecule has 4 nitrogen and oxygen atoms in total. The minimum atomic E-state index is -3.37. The maximum atomic E-state index is 12.2. The van der Waals surface area contributed by atoms with Crippen LogP contribution in [0.3, 0.4) is 0 Å². The maximum absolute atomic E-state index is 12.2. The smallest absolute Gasteiger partial charge is 0.240 e. The van der Waals surface area contributed by atoms with E-state index in [2.05, 4.69) is 10.0 Å². The third kappa shape index (κ3) is 3.78. The minimum Gasteiger partial charge on any atom is -0.317 e. The lowest BCUT2D eigenvalue weighted by Crippen LogP contribution is -2.41. The molecule has 1 saturated carbocycles. The Balaban J connectivity index is 2.00. The molecule has 0 unspecified atom stereocenters. The summed E-state index contributed by atoms with van der Waals surface area (Å²) < 4.78 is 27.3. The van der Waals surface area contributed by atoms with Crippen molar-refractivity contribution in [3.8, 4) is 0 Å². The van der Waals surface area contributed by atoms with Gasteiger partial charge in [-0.05, 0) is 51.8 Å². The van der Waals surface area contributed by atoms with E-state index in [9.17, 15) is 8.42 Å². The molecule has 0 spiro atoms. The summed E-state index contributed by atoms with van der Waals surface area (Å²) in [6.45, 7) is 1.95. The van der Waals surface area contributed by atoms with Gasteiger partial charge in [-0.2, -0.15) is 0 Å². The molecule has 0 saturated heterocycles. The third-order valence-corrected chi connectivity index (χ3v) is 5.32. The van der Waals surface area contributed by atoms with Crippen LogP contribution in [-0.4, -0.2) is 27.5 Å². The zero-order valence-electron chi connectivity index (χ0n) is 11.5. The van der Waals surface area contributed by atoms with Crippen molar-refractivity contribution in [3.05, 3.63) is 29.8 Å². The van der Waals surface area contributed by atoms with Gasteiger partial charge in [-0.1, -0.05) is 17.7 Å². The molecule has 1 aromatic carbocycles. The lowest BCUT2D eigenvalue weighted by atomic mass is 9.92. The molecule has 0 aromatic heterocycles. The number of sulfonamides is 1. The largest absolute Gasteiger partial charge is 0.317 e. The molecule has 1 aromatic rings. The van der Waals surface area contributed by atoms with Crippen LogP contribution >= 0.6 is 0 Å². The maximum Gasteiger partial charge on any atom is 0.240 e. The molecule has 1 aliphatic rings. The van der Waals surface area contributed by atoms with Crippen molar-refractivity contribution in [3.63, 3.8) is 0 Å². The highest BCUT2D eigenvalue weighted by Crippen LogP contribution is 2.20. The number of rotatable bonds is 4. The van der Waals surface area contributed by atoms with Gasteiger partial charge in [0.15, 0.2) is 0 Å². The first-order chi connectivity index (χ1) is 9.01. The van der Waals surface area contributed by atoms with Crippen LogP contribution in [0.1, 0.15) is 31.2 Å². The van der Waals surface area contributed by atoms with E-state index in [1.54, 1.807) is 12.1 Å². The first kappa shape index (κ1) is 14.5. The Morgan fingerprint density at radius 1 is 1.00 bits per heavy atom. The Morgan fingerprint density at radius 3 is 2.05 bits per heavy atom. The lowest BCUT2D eigenvalue weighted by molar-refractivity contribution is 0.343. The van der Waals surface area contributed by atoms with Gasteiger partial charge in [-0.15, -0.1) is 0 Å². The summed E-state index contributed by atoms with van der Waals surface area (Å²) >= 11 is 0. The summed E-state index contributed by atoms with van der Waals surface area (Å²) in [6.07, 6.45) is 3.85. The van der Waals surface area contributed by atoms with E-state index in [0.29, 0.717) is 10.9 Å². The van der Waals surface area contributed by atoms with Crippen molar-refractivity contribution in [1.82, 2.24) is 10.0 Å². The molecular weight excluding hydrogens is 260 g/mol. The van der Waals surface area contributed by atoms with Crippen molar-refractivity contribution in [1.29, 1.82) is 0 Å². The molecule has 0 amide bonds. The van der Waals surface area contributed by atoms with Gasteiger partial charge in [0.1, 0.15) is 0 Å². The standard InChI is InChI=1S/C14H22N2O2S/c1-11-3-9-14(10-4-11)19(17,18)16-13-7-5-12(15-2)6-8-13/h3-4,9-10,12-13,15-16H,5-8H2,1-2H3. The fraction of sp³-hybridized carbons (Fsp3) is 0.571. The molecule has 106 valence electrons. The number of benzene rings is 1. The quantitative estimate of drug-likeness (QED) is 0.885. The molecule has 19 heavy (non-hydrogen) atoms. The summed E-state index contributed by atoms with van der Waals surface area (Å²) in [7, 11) is -1.41. The third-order valence-electron chi connectivity index (χ3n) is 3.79. The van der Waals surface area contributed by atoms with E-state index < -0.39 is 10.0 Å². The average molecular weight is 282 g/mol. The van der Waals surface area contributed by atoms with Gasteiger partial charge in [0.2, 0.25) is 10.0 Å². The van der Waals surface area contributed by atoms with Gasteiger partial charge in [-0.3, -0.25) is 0 Å². The molecule has 0 radical (unpaired) electrons. The normalized spacial score (nSPS) is 24.3. The predicted molar refractivity (Wildman–Crippen MR) is 76.6 cm³/mol. The fourth-order valence-electron chi connectivity index (χ4n) is 2.50. The summed E-state index contributed by atoms with van der Waals surface area (Å²) in [5.74, 6) is 0. The Kier molecular flexibility index (Phi) is 4.60. The Labute approximate surface area is 115 Å². The van der Waals surface area contributed by atoms with Crippen molar-refractivity contribution in [2.75, 3.05) is 7.05 Å². The van der Waals surface area contributed by atoms with Crippen LogP contribution in [0.4, 0.5) is 0 Å². The van der Waals surface area contributed by atoms with Crippen LogP contribution in [0.15, 0.2) is 29.2 Å². The van der Waals surface area contributed by atoms with Gasteiger partial charge < -0.3 is 5.32 Å². The Bertz CT molecular complexity index is 503. The van der Waals surface area contributed by atoms with Gasteiger partial charge in [-0.25, -0.2) is 13.1 Å². The zero-order valence-corrected chi connectivity index (χ0v) is 12.3. The molecule has 2 rings (SSSR count). The zero-order chi connectivity index (χ0) is 13.9. The molecular formula is C14H22N2O2S. The number of nitrogens with one attached hydrogen (secondary N) is 2. The topological polar surface area (TPSA) is 58.2 Å². The van der Waals surface area contributed by atoms with Crippen LogP contribution < -0.4 is 10.0 Å². The molecule has 0 atom stereocenters. The van der Waals surface area contributed by atoms with Crippen LogP contribution in [0.2, 0.25) is 0 Å². The van der Waals surface area contributed by atoms with Crippen LogP contribution in [0, 0.1) is 6.92 Å². The van der Waals surface area contributed by atoms with Gasteiger partial charge >= 0.3 is 0 Å². The van der Waals surface area contributed by atoms with E-state index in [0.717, 1.165) is 31.2 Å². The SMILES string of the molecule is CNC1CCC(NS(=O)(=O)c2ccc(C)cc2)CC1.